The number of primary amides is 1. The minimum Gasteiger partial charge on any atom is -0.435 e. The summed E-state index contributed by atoms with van der Waals surface area (Å²) >= 11 is 0. The first-order valence-corrected chi connectivity index (χ1v) is 10.8. The molecule has 1 aliphatic rings. The molecule has 0 unspecified atom stereocenters. The van der Waals surface area contributed by atoms with Crippen LogP contribution in [0.25, 0.3) is 0 Å². The second-order valence-electron chi connectivity index (χ2n) is 8.20. The largest absolute Gasteiger partial charge is 0.435 e. The molecule has 4 aromatic rings. The minimum absolute atomic E-state index is 0.300. The van der Waals surface area contributed by atoms with Gasteiger partial charge in [-0.2, -0.15) is 0 Å². The number of amides is 1. The minimum atomic E-state index is -1.22. The molecule has 1 saturated carbocycles. The van der Waals surface area contributed by atoms with Gasteiger partial charge in [0.1, 0.15) is 11.2 Å². The number of nitrogens with two attached hydrogens (primary N) is 1. The Morgan fingerprint density at radius 3 is 1.67 bits per heavy atom. The van der Waals surface area contributed by atoms with E-state index in [0.29, 0.717) is 18.5 Å². The van der Waals surface area contributed by atoms with Gasteiger partial charge in [0.05, 0.1) is 12.5 Å². The van der Waals surface area contributed by atoms with E-state index in [-0.39, 0.29) is 5.78 Å². The van der Waals surface area contributed by atoms with Gasteiger partial charge < -0.3 is 15.0 Å². The van der Waals surface area contributed by atoms with Crippen molar-refractivity contribution >= 4 is 11.9 Å². The Hall–Kier alpha value is -4.19. The number of hydrogen-bond acceptors (Lipinski definition) is 4. The quantitative estimate of drug-likeness (QED) is 0.340. The number of carbonyl (C=O) groups excluding carboxylic acids is 2. The summed E-state index contributed by atoms with van der Waals surface area (Å²) in [4.78, 5) is 29.6. The zero-order valence-electron chi connectivity index (χ0n) is 17.9. The van der Waals surface area contributed by atoms with Crippen molar-refractivity contribution in [3.8, 4) is 0 Å². The molecule has 1 heterocycles. The summed E-state index contributed by atoms with van der Waals surface area (Å²) in [5.74, 6) is -0.300. The van der Waals surface area contributed by atoms with Crippen LogP contribution in [0.2, 0.25) is 0 Å². The molecular formula is C27H23N3O3. The van der Waals surface area contributed by atoms with Gasteiger partial charge >= 0.3 is 6.09 Å². The summed E-state index contributed by atoms with van der Waals surface area (Å²) in [7, 11) is 0. The highest BCUT2D eigenvalue weighted by molar-refractivity contribution is 6.04. The summed E-state index contributed by atoms with van der Waals surface area (Å²) in [6.07, 6.45) is 3.13. The first-order chi connectivity index (χ1) is 16.1. The lowest BCUT2D eigenvalue weighted by atomic mass is 9.76. The van der Waals surface area contributed by atoms with Crippen LogP contribution in [0.3, 0.4) is 0 Å². The average Bonchev–Trinajstić information content (AvgIpc) is 3.46. The van der Waals surface area contributed by atoms with Crippen molar-refractivity contribution in [2.75, 3.05) is 0 Å². The molecule has 2 N–H and O–H groups in total. The van der Waals surface area contributed by atoms with Crippen molar-refractivity contribution in [3.05, 3.63) is 126 Å². The van der Waals surface area contributed by atoms with Gasteiger partial charge in [-0.25, -0.2) is 9.78 Å². The third-order valence-corrected chi connectivity index (χ3v) is 6.22. The zero-order chi connectivity index (χ0) is 22.9. The molecule has 0 spiro atoms. The molecule has 33 heavy (non-hydrogen) atoms. The second kappa shape index (κ2) is 8.06. The molecule has 0 radical (unpaired) electrons. The van der Waals surface area contributed by atoms with E-state index < -0.39 is 17.2 Å². The molecule has 1 fully saturated rings. The van der Waals surface area contributed by atoms with Crippen LogP contribution in [0.5, 0.6) is 0 Å². The van der Waals surface area contributed by atoms with E-state index in [0.717, 1.165) is 16.7 Å². The van der Waals surface area contributed by atoms with E-state index in [2.05, 4.69) is 4.98 Å². The lowest BCUT2D eigenvalue weighted by molar-refractivity contribution is 0.0573. The highest BCUT2D eigenvalue weighted by Gasteiger charge is 2.56. The number of hydrogen-bond donors (Lipinski definition) is 1. The Labute approximate surface area is 191 Å². The number of carbonyl (C=O) groups is 2. The molecule has 0 saturated heterocycles. The molecule has 3 aromatic carbocycles. The van der Waals surface area contributed by atoms with E-state index in [1.54, 1.807) is 6.33 Å². The first kappa shape index (κ1) is 20.7. The first-order valence-electron chi connectivity index (χ1n) is 10.8. The SMILES string of the molecule is NC(=O)OC1(C(=O)c2cncn2C(c2ccccc2)(c2ccccc2)c2ccccc2)CC1. The lowest BCUT2D eigenvalue weighted by Gasteiger charge is -2.38. The Kier molecular flexibility index (Phi) is 5.05. The number of rotatable bonds is 7. The van der Waals surface area contributed by atoms with Crippen molar-refractivity contribution in [1.82, 2.24) is 9.55 Å². The number of ketones is 1. The van der Waals surface area contributed by atoms with Crippen LogP contribution in [0.15, 0.2) is 104 Å². The molecule has 6 heteroatoms. The maximum Gasteiger partial charge on any atom is 0.405 e. The van der Waals surface area contributed by atoms with Crippen molar-refractivity contribution in [2.45, 2.75) is 24.0 Å². The third-order valence-electron chi connectivity index (χ3n) is 6.22. The number of imidazole rings is 1. The van der Waals surface area contributed by atoms with Gasteiger partial charge in [0.2, 0.25) is 5.78 Å². The van der Waals surface area contributed by atoms with Crippen LogP contribution in [0, 0.1) is 0 Å². The number of Topliss-reactive ketones (excluding diaryl/α,β-unsaturated/α-hetero) is 1. The van der Waals surface area contributed by atoms with Crippen LogP contribution in [-0.2, 0) is 10.3 Å². The smallest absolute Gasteiger partial charge is 0.405 e. The van der Waals surface area contributed by atoms with Crippen LogP contribution in [0.1, 0.15) is 40.0 Å². The van der Waals surface area contributed by atoms with E-state index in [1.165, 1.54) is 6.20 Å². The molecule has 1 amide bonds. The predicted octanol–water partition coefficient (Wildman–Crippen LogP) is 4.53. The predicted molar refractivity (Wildman–Crippen MR) is 124 cm³/mol. The summed E-state index contributed by atoms with van der Waals surface area (Å²) in [5.41, 5.74) is 6.42. The third kappa shape index (κ3) is 3.40. The monoisotopic (exact) mass is 437 g/mol. The maximum atomic E-state index is 13.7. The standard InChI is InChI=1S/C27H23N3O3/c28-25(32)33-26(16-17-26)24(31)23-18-29-19-30(23)27(20-10-4-1-5-11-20,21-12-6-2-7-13-21)22-14-8-3-9-15-22/h1-15,18-19H,16-17H2,(H2,28,32). The van der Waals surface area contributed by atoms with Crippen molar-refractivity contribution in [1.29, 1.82) is 0 Å². The van der Waals surface area contributed by atoms with Gasteiger partial charge in [0.15, 0.2) is 5.60 Å². The maximum absolute atomic E-state index is 13.7. The topological polar surface area (TPSA) is 87.2 Å². The van der Waals surface area contributed by atoms with Gasteiger partial charge in [-0.05, 0) is 29.5 Å². The molecular weight excluding hydrogens is 414 g/mol. The van der Waals surface area contributed by atoms with Gasteiger partial charge in [0.25, 0.3) is 0 Å². The Bertz CT molecular complexity index is 1180. The highest BCUT2D eigenvalue weighted by Crippen LogP contribution is 2.46. The Balaban J connectivity index is 1.80. The lowest BCUT2D eigenvalue weighted by Crippen LogP contribution is -2.41. The van der Waals surface area contributed by atoms with E-state index in [4.69, 9.17) is 10.5 Å². The number of benzene rings is 3. The molecule has 164 valence electrons. The number of nitrogens with zero attached hydrogens (tertiary/aromatic N) is 2. The number of aromatic nitrogens is 2. The van der Waals surface area contributed by atoms with E-state index in [1.807, 2.05) is 95.6 Å². The van der Waals surface area contributed by atoms with Crippen molar-refractivity contribution in [2.24, 2.45) is 5.73 Å². The summed E-state index contributed by atoms with van der Waals surface area (Å²) in [5, 5.41) is 0. The van der Waals surface area contributed by atoms with Crippen LogP contribution >= 0.6 is 0 Å². The fourth-order valence-corrected chi connectivity index (χ4v) is 4.60. The average molecular weight is 437 g/mol. The van der Waals surface area contributed by atoms with Crippen molar-refractivity contribution in [3.63, 3.8) is 0 Å². The van der Waals surface area contributed by atoms with Crippen LogP contribution < -0.4 is 5.73 Å². The van der Waals surface area contributed by atoms with Gasteiger partial charge in [-0.3, -0.25) is 4.79 Å². The molecule has 1 aliphatic carbocycles. The summed E-state index contributed by atoms with van der Waals surface area (Å²) < 4.78 is 7.16. The Morgan fingerprint density at radius 1 is 0.818 bits per heavy atom. The fraction of sp³-hybridized carbons (Fsp3) is 0.148. The van der Waals surface area contributed by atoms with Gasteiger partial charge in [0, 0.05) is 0 Å². The van der Waals surface area contributed by atoms with E-state index in [9.17, 15) is 9.59 Å². The highest BCUT2D eigenvalue weighted by atomic mass is 16.6. The fourth-order valence-electron chi connectivity index (χ4n) is 4.60. The second-order valence-corrected chi connectivity index (χ2v) is 8.20. The molecule has 1 aromatic heterocycles. The Morgan fingerprint density at radius 2 is 1.27 bits per heavy atom. The van der Waals surface area contributed by atoms with Crippen LogP contribution in [-0.4, -0.2) is 27.0 Å². The zero-order valence-corrected chi connectivity index (χ0v) is 17.9. The molecule has 0 atom stereocenters. The number of ether oxygens (including phenoxy) is 1. The van der Waals surface area contributed by atoms with Crippen LogP contribution in [0.4, 0.5) is 4.79 Å². The molecule has 6 nitrogen and oxygen atoms in total. The van der Waals surface area contributed by atoms with Gasteiger partial charge in [-0.15, -0.1) is 0 Å². The van der Waals surface area contributed by atoms with Crippen molar-refractivity contribution < 1.29 is 14.3 Å². The van der Waals surface area contributed by atoms with E-state index >= 15 is 0 Å². The molecule has 0 bridgehead atoms. The molecule has 5 rings (SSSR count). The normalized spacial score (nSPS) is 14.4. The summed E-state index contributed by atoms with van der Waals surface area (Å²) in [6, 6.07) is 30.0. The summed E-state index contributed by atoms with van der Waals surface area (Å²) in [6.45, 7) is 0. The van der Waals surface area contributed by atoms with Gasteiger partial charge in [-0.1, -0.05) is 91.0 Å². The molecule has 0 aliphatic heterocycles.